The number of nitrogens with zero attached hydrogens (tertiary/aromatic N) is 1. The number of likely N-dealkylation sites (tertiary alicyclic amines) is 1. The molecule has 0 bridgehead atoms. The number of rotatable bonds is 7. The minimum atomic E-state index is -4.63. The Labute approximate surface area is 219 Å². The van der Waals surface area contributed by atoms with E-state index in [4.69, 9.17) is 4.74 Å². The first kappa shape index (κ1) is 28.7. The number of ether oxygens (including phenoxy) is 1. The highest BCUT2D eigenvalue weighted by Gasteiger charge is 2.45. The van der Waals surface area contributed by atoms with Crippen LogP contribution in [0.3, 0.4) is 0 Å². The van der Waals surface area contributed by atoms with E-state index in [0.717, 1.165) is 21.9 Å². The molecule has 0 saturated carbocycles. The number of carbonyl (C=O) groups excluding carboxylic acids is 1. The molecule has 0 atom stereocenters. The van der Waals surface area contributed by atoms with Crippen molar-refractivity contribution in [1.82, 2.24) is 4.90 Å². The maximum atomic E-state index is 13.5. The lowest BCUT2D eigenvalue weighted by Gasteiger charge is -2.40. The molecule has 0 aliphatic carbocycles. The van der Waals surface area contributed by atoms with Crippen LogP contribution in [0.1, 0.15) is 42.6 Å². The number of amides is 1. The molecular formula is C25H30F3NO4S3. The Bertz CT molecular complexity index is 1200. The molecule has 5 nitrogen and oxygen atoms in total. The van der Waals surface area contributed by atoms with Crippen molar-refractivity contribution in [3.05, 3.63) is 47.5 Å². The SMILES string of the molecule is COc1cc(SC)c(C(=O)N2CCC(C(C)(C)S(=O)(=O)c3cccc(C(F)(F)F)c3)CC2)c(SC)c1. The van der Waals surface area contributed by atoms with Gasteiger partial charge in [-0.05, 0) is 75.5 Å². The molecule has 1 aliphatic heterocycles. The zero-order valence-corrected chi connectivity index (χ0v) is 23.3. The third kappa shape index (κ3) is 5.52. The summed E-state index contributed by atoms with van der Waals surface area (Å²) in [7, 11) is -2.49. The van der Waals surface area contributed by atoms with Gasteiger partial charge in [0.15, 0.2) is 9.84 Å². The molecule has 0 radical (unpaired) electrons. The van der Waals surface area contributed by atoms with Gasteiger partial charge in [-0.1, -0.05) is 6.07 Å². The summed E-state index contributed by atoms with van der Waals surface area (Å²) in [5.41, 5.74) is -0.390. The summed E-state index contributed by atoms with van der Waals surface area (Å²) in [6.07, 6.45) is 0.00672. The number of hydrogen-bond donors (Lipinski definition) is 0. The first-order valence-electron chi connectivity index (χ1n) is 11.3. The van der Waals surface area contributed by atoms with Crippen molar-refractivity contribution in [2.75, 3.05) is 32.7 Å². The summed E-state index contributed by atoms with van der Waals surface area (Å²) >= 11 is 2.91. The molecule has 11 heteroatoms. The predicted octanol–water partition coefficient (Wildman–Crippen LogP) is 6.26. The van der Waals surface area contributed by atoms with Crippen molar-refractivity contribution in [2.45, 2.75) is 52.3 Å². The van der Waals surface area contributed by atoms with Crippen LogP contribution in [-0.2, 0) is 16.0 Å². The molecule has 198 valence electrons. The Kier molecular flexibility index (Phi) is 8.67. The van der Waals surface area contributed by atoms with Crippen molar-refractivity contribution in [1.29, 1.82) is 0 Å². The van der Waals surface area contributed by atoms with Gasteiger partial charge in [0.25, 0.3) is 5.91 Å². The lowest BCUT2D eigenvalue weighted by molar-refractivity contribution is -0.137. The summed E-state index contributed by atoms with van der Waals surface area (Å²) in [4.78, 5) is 16.5. The predicted molar refractivity (Wildman–Crippen MR) is 138 cm³/mol. The van der Waals surface area contributed by atoms with Crippen molar-refractivity contribution < 1.29 is 31.1 Å². The standard InChI is InChI=1S/C25H30F3NO4S3/c1-24(2,36(31,32)19-8-6-7-17(13-19)25(26,27)28)16-9-11-29(12-10-16)23(30)22-20(34-4)14-18(33-3)15-21(22)35-5/h6-8,13-16H,9-12H2,1-5H3. The molecule has 0 unspecified atom stereocenters. The number of carbonyl (C=O) groups is 1. The van der Waals surface area contributed by atoms with Gasteiger partial charge in [-0.3, -0.25) is 4.79 Å². The summed E-state index contributed by atoms with van der Waals surface area (Å²) in [6.45, 7) is 3.84. The van der Waals surface area contributed by atoms with E-state index < -0.39 is 26.3 Å². The number of halogens is 3. The molecule has 1 saturated heterocycles. The summed E-state index contributed by atoms with van der Waals surface area (Å²) in [6, 6.07) is 7.55. The van der Waals surface area contributed by atoms with E-state index in [1.54, 1.807) is 25.9 Å². The molecule has 1 aliphatic rings. The molecule has 1 fully saturated rings. The average Bonchev–Trinajstić information content (AvgIpc) is 2.86. The zero-order chi connectivity index (χ0) is 26.9. The second-order valence-corrected chi connectivity index (χ2v) is 13.3. The number of hydrogen-bond acceptors (Lipinski definition) is 6. The minimum Gasteiger partial charge on any atom is -0.497 e. The number of benzene rings is 2. The smallest absolute Gasteiger partial charge is 0.416 e. The second kappa shape index (κ2) is 10.9. The minimum absolute atomic E-state index is 0.122. The number of sulfone groups is 1. The second-order valence-electron chi connectivity index (χ2n) is 9.11. The molecule has 3 rings (SSSR count). The lowest BCUT2D eigenvalue weighted by Crippen LogP contribution is -2.47. The molecule has 0 spiro atoms. The summed E-state index contributed by atoms with van der Waals surface area (Å²) in [5, 5.41) is 0. The normalized spacial score (nSPS) is 15.7. The Balaban J connectivity index is 1.82. The largest absolute Gasteiger partial charge is 0.497 e. The number of piperidine rings is 1. The van der Waals surface area contributed by atoms with E-state index in [2.05, 4.69) is 0 Å². The fourth-order valence-corrected chi connectivity index (χ4v) is 7.67. The number of alkyl halides is 3. The molecule has 2 aromatic rings. The number of thioether (sulfide) groups is 2. The highest BCUT2D eigenvalue weighted by molar-refractivity contribution is 7.99. The van der Waals surface area contributed by atoms with Crippen LogP contribution in [0.4, 0.5) is 13.2 Å². The van der Waals surface area contributed by atoms with Crippen molar-refractivity contribution >= 4 is 39.3 Å². The molecule has 1 heterocycles. The van der Waals surface area contributed by atoms with Gasteiger partial charge in [0, 0.05) is 22.9 Å². The van der Waals surface area contributed by atoms with Gasteiger partial charge in [-0.25, -0.2) is 8.42 Å². The molecule has 0 aromatic heterocycles. The summed E-state index contributed by atoms with van der Waals surface area (Å²) < 4.78 is 70.4. The Morgan fingerprint density at radius 2 is 1.58 bits per heavy atom. The molecule has 1 amide bonds. The third-order valence-corrected chi connectivity index (χ3v) is 11.0. The van der Waals surface area contributed by atoms with E-state index in [0.29, 0.717) is 43.3 Å². The van der Waals surface area contributed by atoms with E-state index in [-0.39, 0.29) is 16.7 Å². The van der Waals surface area contributed by atoms with E-state index >= 15 is 0 Å². The van der Waals surface area contributed by atoms with Gasteiger partial charge in [-0.2, -0.15) is 13.2 Å². The zero-order valence-electron chi connectivity index (χ0n) is 20.8. The van der Waals surface area contributed by atoms with Gasteiger partial charge < -0.3 is 9.64 Å². The van der Waals surface area contributed by atoms with E-state index in [1.165, 1.54) is 29.6 Å². The van der Waals surface area contributed by atoms with Crippen LogP contribution in [0.2, 0.25) is 0 Å². The van der Waals surface area contributed by atoms with Crippen molar-refractivity contribution in [3.63, 3.8) is 0 Å². The first-order valence-corrected chi connectivity index (χ1v) is 15.2. The first-order chi connectivity index (χ1) is 16.8. The van der Waals surface area contributed by atoms with Crippen LogP contribution in [0, 0.1) is 5.92 Å². The highest BCUT2D eigenvalue weighted by Crippen LogP contribution is 2.41. The molecule has 0 N–H and O–H groups in total. The van der Waals surface area contributed by atoms with Crippen molar-refractivity contribution in [3.8, 4) is 5.75 Å². The van der Waals surface area contributed by atoms with Gasteiger partial charge >= 0.3 is 6.18 Å². The van der Waals surface area contributed by atoms with Crippen molar-refractivity contribution in [2.24, 2.45) is 5.92 Å². The van der Waals surface area contributed by atoms with Gasteiger partial charge in [0.2, 0.25) is 0 Å². The average molecular weight is 562 g/mol. The monoisotopic (exact) mass is 561 g/mol. The van der Waals surface area contributed by atoms with Gasteiger partial charge in [-0.15, -0.1) is 23.5 Å². The Morgan fingerprint density at radius 3 is 2.06 bits per heavy atom. The highest BCUT2D eigenvalue weighted by atomic mass is 32.2. The quantitative estimate of drug-likeness (QED) is 0.372. The van der Waals surface area contributed by atoms with Gasteiger partial charge in [0.1, 0.15) is 5.75 Å². The van der Waals surface area contributed by atoms with Crippen LogP contribution >= 0.6 is 23.5 Å². The van der Waals surface area contributed by atoms with Crippen LogP contribution in [0.5, 0.6) is 5.75 Å². The van der Waals surface area contributed by atoms with E-state index in [1.807, 2.05) is 24.6 Å². The maximum absolute atomic E-state index is 13.5. The van der Waals surface area contributed by atoms with Gasteiger partial charge in [0.05, 0.1) is 27.9 Å². The fourth-order valence-electron chi connectivity index (χ4n) is 4.52. The molecule has 2 aromatic carbocycles. The maximum Gasteiger partial charge on any atom is 0.416 e. The third-order valence-electron chi connectivity index (χ3n) is 6.86. The van der Waals surface area contributed by atoms with Crippen LogP contribution in [0.25, 0.3) is 0 Å². The molecular weight excluding hydrogens is 531 g/mol. The summed E-state index contributed by atoms with van der Waals surface area (Å²) in [5.74, 6) is 0.223. The van der Waals surface area contributed by atoms with Crippen LogP contribution in [0.15, 0.2) is 51.1 Å². The van der Waals surface area contributed by atoms with E-state index in [9.17, 15) is 26.4 Å². The lowest BCUT2D eigenvalue weighted by atomic mass is 9.85. The fraction of sp³-hybridized carbons (Fsp3) is 0.480. The van der Waals surface area contributed by atoms with Crippen LogP contribution in [-0.4, -0.2) is 56.7 Å². The molecule has 36 heavy (non-hydrogen) atoms. The topological polar surface area (TPSA) is 63.7 Å². The van der Waals surface area contributed by atoms with Crippen LogP contribution < -0.4 is 4.74 Å². The Morgan fingerprint density at radius 1 is 1.03 bits per heavy atom. The Hall–Kier alpha value is -1.85. The number of methoxy groups -OCH3 is 1.